The summed E-state index contributed by atoms with van der Waals surface area (Å²) in [6, 6.07) is 0. The summed E-state index contributed by atoms with van der Waals surface area (Å²) in [4.78, 5) is 0. The molecule has 3 nitrogen and oxygen atoms in total. The second-order valence-electron chi connectivity index (χ2n) is 3.25. The molecule has 0 aliphatic rings. The molecule has 0 spiro atoms. The van der Waals surface area contributed by atoms with Gasteiger partial charge in [0.25, 0.3) is 0 Å². The molecule has 0 aromatic carbocycles. The van der Waals surface area contributed by atoms with E-state index in [0.29, 0.717) is 18.9 Å². The lowest BCUT2D eigenvalue weighted by molar-refractivity contribution is 0.199. The summed E-state index contributed by atoms with van der Waals surface area (Å²) in [7, 11) is -1.28. The van der Waals surface area contributed by atoms with Crippen molar-refractivity contribution in [1.29, 1.82) is 0 Å². The topological polar surface area (TPSA) is 43.4 Å². The summed E-state index contributed by atoms with van der Waals surface area (Å²) in [6.07, 6.45) is 3.11. The van der Waals surface area contributed by atoms with Crippen molar-refractivity contribution in [3.05, 3.63) is 0 Å². The van der Waals surface area contributed by atoms with Crippen LogP contribution in [0.15, 0.2) is 0 Å². The van der Waals surface area contributed by atoms with Crippen LogP contribution in [0, 0.1) is 0 Å². The van der Waals surface area contributed by atoms with Crippen LogP contribution in [-0.2, 0) is 14.6 Å². The minimum absolute atomic E-state index is 0.238. The largest absolute Gasteiger partial charge is 0.385 e. The van der Waals surface area contributed by atoms with E-state index in [1.165, 1.54) is 0 Å². The summed E-state index contributed by atoms with van der Waals surface area (Å²) < 4.78 is 27.6. The van der Waals surface area contributed by atoms with Gasteiger partial charge in [0.1, 0.15) is 9.84 Å². The first-order valence-corrected chi connectivity index (χ1v) is 7.23. The predicted molar refractivity (Wildman–Crippen MR) is 59.7 cm³/mol. The van der Waals surface area contributed by atoms with Gasteiger partial charge in [-0.2, -0.15) is 0 Å². The van der Waals surface area contributed by atoms with Crippen molar-refractivity contribution in [2.24, 2.45) is 0 Å². The van der Waals surface area contributed by atoms with Crippen molar-refractivity contribution in [2.45, 2.75) is 25.7 Å². The van der Waals surface area contributed by atoms with Crippen molar-refractivity contribution in [3.8, 4) is 0 Å². The van der Waals surface area contributed by atoms with E-state index in [-0.39, 0.29) is 11.5 Å². The molecule has 0 radical (unpaired) electrons. The van der Waals surface area contributed by atoms with Crippen LogP contribution >= 0.6 is 11.6 Å². The van der Waals surface area contributed by atoms with Crippen molar-refractivity contribution >= 4 is 21.4 Å². The van der Waals surface area contributed by atoms with Gasteiger partial charge in [-0.15, -0.1) is 11.6 Å². The van der Waals surface area contributed by atoms with Gasteiger partial charge in [-0.25, -0.2) is 8.42 Å². The molecule has 0 aliphatic carbocycles. The Morgan fingerprint density at radius 3 is 2.29 bits per heavy atom. The molecule has 0 aliphatic heterocycles. The molecule has 0 bridgehead atoms. The Hall–Kier alpha value is 0.200. The third kappa shape index (κ3) is 8.78. The highest BCUT2D eigenvalue weighted by Crippen LogP contribution is 2.03. The van der Waals surface area contributed by atoms with Crippen molar-refractivity contribution in [2.75, 3.05) is 31.1 Å². The lowest BCUT2D eigenvalue weighted by Crippen LogP contribution is -2.12. The molecule has 0 unspecified atom stereocenters. The van der Waals surface area contributed by atoms with Crippen LogP contribution in [0.2, 0.25) is 0 Å². The van der Waals surface area contributed by atoms with E-state index >= 15 is 0 Å². The van der Waals surface area contributed by atoms with Gasteiger partial charge in [-0.3, -0.25) is 0 Å². The summed E-state index contributed by atoms with van der Waals surface area (Å²) in [5.41, 5.74) is 0. The molecule has 0 rings (SSSR count). The molecule has 0 saturated carbocycles. The monoisotopic (exact) mass is 242 g/mol. The van der Waals surface area contributed by atoms with Crippen LogP contribution in [0.4, 0.5) is 0 Å². The SMILES string of the molecule is COCCCS(=O)(=O)CCCCCCl. The quantitative estimate of drug-likeness (QED) is 0.458. The van der Waals surface area contributed by atoms with Gasteiger partial charge in [0.2, 0.25) is 0 Å². The van der Waals surface area contributed by atoms with Crippen LogP contribution in [0.25, 0.3) is 0 Å². The Balaban J connectivity index is 3.52. The third-order valence-electron chi connectivity index (χ3n) is 1.89. The van der Waals surface area contributed by atoms with Crippen LogP contribution in [-0.4, -0.2) is 39.5 Å². The van der Waals surface area contributed by atoms with E-state index < -0.39 is 9.84 Å². The average Bonchev–Trinajstić information content (AvgIpc) is 2.13. The molecule has 0 saturated heterocycles. The summed E-state index contributed by atoms with van der Waals surface area (Å²) in [5.74, 6) is 1.14. The zero-order valence-electron chi connectivity index (χ0n) is 8.67. The molecule has 14 heavy (non-hydrogen) atoms. The van der Waals surface area contributed by atoms with E-state index in [1.54, 1.807) is 7.11 Å². The summed E-state index contributed by atoms with van der Waals surface area (Å²) >= 11 is 5.49. The molecule has 0 aromatic rings. The van der Waals surface area contributed by atoms with Gasteiger partial charge < -0.3 is 4.74 Å². The molecule has 0 fully saturated rings. The van der Waals surface area contributed by atoms with Gasteiger partial charge in [0.15, 0.2) is 0 Å². The van der Waals surface area contributed by atoms with Gasteiger partial charge in [0.05, 0.1) is 11.5 Å². The summed E-state index contributed by atoms with van der Waals surface area (Å²) in [6.45, 7) is 0.515. The fraction of sp³-hybridized carbons (Fsp3) is 1.00. The smallest absolute Gasteiger partial charge is 0.150 e. The zero-order valence-corrected chi connectivity index (χ0v) is 10.2. The Kier molecular flexibility index (Phi) is 8.63. The van der Waals surface area contributed by atoms with Gasteiger partial charge >= 0.3 is 0 Å². The fourth-order valence-corrected chi connectivity index (χ4v) is 2.71. The second kappa shape index (κ2) is 8.50. The van der Waals surface area contributed by atoms with Crippen molar-refractivity contribution in [3.63, 3.8) is 0 Å². The first kappa shape index (κ1) is 14.2. The Morgan fingerprint density at radius 1 is 1.07 bits per heavy atom. The number of sulfone groups is 1. The van der Waals surface area contributed by atoms with E-state index in [1.807, 2.05) is 0 Å². The lowest BCUT2D eigenvalue weighted by atomic mass is 10.3. The van der Waals surface area contributed by atoms with E-state index in [4.69, 9.17) is 16.3 Å². The molecular formula is C9H19ClO3S. The molecule has 0 heterocycles. The Morgan fingerprint density at radius 2 is 1.71 bits per heavy atom. The van der Waals surface area contributed by atoms with E-state index in [0.717, 1.165) is 19.3 Å². The Labute approximate surface area is 91.7 Å². The third-order valence-corrected chi connectivity index (χ3v) is 3.98. The number of rotatable bonds is 9. The van der Waals surface area contributed by atoms with Crippen LogP contribution in [0.3, 0.4) is 0 Å². The van der Waals surface area contributed by atoms with Gasteiger partial charge in [-0.05, 0) is 19.3 Å². The maximum atomic E-state index is 11.4. The summed E-state index contributed by atoms with van der Waals surface area (Å²) in [5, 5.41) is 0. The van der Waals surface area contributed by atoms with Gasteiger partial charge in [0, 0.05) is 19.6 Å². The van der Waals surface area contributed by atoms with Crippen LogP contribution in [0.5, 0.6) is 0 Å². The second-order valence-corrected chi connectivity index (χ2v) is 5.93. The first-order chi connectivity index (χ1) is 6.62. The van der Waals surface area contributed by atoms with Gasteiger partial charge in [-0.1, -0.05) is 6.42 Å². The first-order valence-electron chi connectivity index (χ1n) is 4.87. The standard InChI is InChI=1S/C9H19ClO3S/c1-13-7-5-9-14(11,12)8-4-2-3-6-10/h2-9H2,1H3. The molecule has 0 N–H and O–H groups in total. The predicted octanol–water partition coefficient (Wildman–Crippen LogP) is 1.85. The molecule has 0 atom stereocenters. The molecule has 86 valence electrons. The highest BCUT2D eigenvalue weighted by atomic mass is 35.5. The minimum atomic E-state index is -2.86. The maximum absolute atomic E-state index is 11.4. The number of hydrogen-bond donors (Lipinski definition) is 0. The minimum Gasteiger partial charge on any atom is -0.385 e. The zero-order chi connectivity index (χ0) is 10.9. The molecule has 0 amide bonds. The maximum Gasteiger partial charge on any atom is 0.150 e. The van der Waals surface area contributed by atoms with E-state index in [9.17, 15) is 8.42 Å². The highest BCUT2D eigenvalue weighted by Gasteiger charge is 2.09. The normalized spacial score (nSPS) is 11.9. The molecule has 5 heteroatoms. The number of alkyl halides is 1. The van der Waals surface area contributed by atoms with Crippen molar-refractivity contribution < 1.29 is 13.2 Å². The van der Waals surface area contributed by atoms with Crippen molar-refractivity contribution in [1.82, 2.24) is 0 Å². The molecule has 0 aromatic heterocycles. The number of unbranched alkanes of at least 4 members (excludes halogenated alkanes) is 2. The number of hydrogen-bond acceptors (Lipinski definition) is 3. The van der Waals surface area contributed by atoms with Crippen LogP contribution in [0.1, 0.15) is 25.7 Å². The van der Waals surface area contributed by atoms with E-state index in [2.05, 4.69) is 0 Å². The number of halogens is 1. The lowest BCUT2D eigenvalue weighted by Gasteiger charge is -2.03. The number of ether oxygens (including phenoxy) is 1. The Bertz CT molecular complexity index is 214. The fourth-order valence-electron chi connectivity index (χ4n) is 1.12. The average molecular weight is 243 g/mol. The number of methoxy groups -OCH3 is 1. The van der Waals surface area contributed by atoms with Crippen LogP contribution < -0.4 is 0 Å². The molecular weight excluding hydrogens is 224 g/mol. The highest BCUT2D eigenvalue weighted by molar-refractivity contribution is 7.91.